The molecule has 1 saturated carbocycles. The van der Waals surface area contributed by atoms with E-state index in [-0.39, 0.29) is 6.61 Å². The van der Waals surface area contributed by atoms with E-state index in [9.17, 15) is 5.11 Å². The van der Waals surface area contributed by atoms with Crippen LogP contribution in [0.25, 0.3) is 0 Å². The lowest BCUT2D eigenvalue weighted by molar-refractivity contribution is 0.0187. The molecule has 2 aliphatic rings. The lowest BCUT2D eigenvalue weighted by Crippen LogP contribution is -2.53. The van der Waals surface area contributed by atoms with Crippen LogP contribution in [0.5, 0.6) is 17.2 Å². The Hall–Kier alpha value is -2.79. The highest BCUT2D eigenvalue weighted by Gasteiger charge is 2.43. The van der Waals surface area contributed by atoms with E-state index in [4.69, 9.17) is 19.5 Å². The van der Waals surface area contributed by atoms with Crippen molar-refractivity contribution in [2.24, 2.45) is 11.8 Å². The minimum absolute atomic E-state index is 0.246. The zero-order valence-electron chi connectivity index (χ0n) is 21.0. The Balaban J connectivity index is 1.24. The number of nitriles is 1. The van der Waals surface area contributed by atoms with E-state index >= 15 is 0 Å². The van der Waals surface area contributed by atoms with E-state index in [0.29, 0.717) is 35.7 Å². The van der Waals surface area contributed by atoms with Gasteiger partial charge in [-0.05, 0) is 80.1 Å². The monoisotopic (exact) mass is 479 g/mol. The number of aliphatic hydroxyl groups excluding tert-OH is 1. The number of likely N-dealkylation sites (tertiary alicyclic amines) is 1. The Labute approximate surface area is 208 Å². The summed E-state index contributed by atoms with van der Waals surface area (Å²) in [7, 11) is 5.48. The number of methoxy groups -OCH3 is 2. The van der Waals surface area contributed by atoms with Crippen LogP contribution >= 0.6 is 0 Å². The molecule has 0 amide bonds. The van der Waals surface area contributed by atoms with E-state index in [1.807, 2.05) is 6.07 Å². The summed E-state index contributed by atoms with van der Waals surface area (Å²) in [6.45, 7) is 4.10. The molecule has 1 N–H and O–H groups in total. The highest BCUT2D eigenvalue weighted by molar-refractivity contribution is 5.43. The number of likely N-dealkylation sites (N-methyl/N-ethyl adjacent to an activating group) is 1. The third kappa shape index (κ3) is 6.26. The summed E-state index contributed by atoms with van der Waals surface area (Å²) < 4.78 is 16.5. The van der Waals surface area contributed by atoms with Crippen LogP contribution in [0.2, 0.25) is 0 Å². The van der Waals surface area contributed by atoms with Gasteiger partial charge in [0.25, 0.3) is 0 Å². The van der Waals surface area contributed by atoms with Gasteiger partial charge in [0, 0.05) is 32.2 Å². The molecule has 3 atom stereocenters. The molecule has 7 heteroatoms. The Kier molecular flexibility index (Phi) is 8.50. The zero-order chi connectivity index (χ0) is 24.8. The second kappa shape index (κ2) is 11.8. The quantitative estimate of drug-likeness (QED) is 0.530. The van der Waals surface area contributed by atoms with Crippen molar-refractivity contribution >= 4 is 0 Å². The SMILES string of the molecule is COc1ccc(CCN2CC3CCC(C2)C3N(C)CC(O)COc2ccc(C#N)cc2)cc1OC. The van der Waals surface area contributed by atoms with Crippen molar-refractivity contribution in [1.82, 2.24) is 9.80 Å². The number of nitrogens with zero attached hydrogens (tertiary/aromatic N) is 3. The molecular formula is C28H37N3O4. The molecular weight excluding hydrogens is 442 g/mol. The highest BCUT2D eigenvalue weighted by atomic mass is 16.5. The van der Waals surface area contributed by atoms with E-state index in [0.717, 1.165) is 37.6 Å². The number of fused-ring (bicyclic) bond motifs is 2. The molecule has 2 bridgehead atoms. The van der Waals surface area contributed by atoms with Gasteiger partial charge in [-0.15, -0.1) is 0 Å². The minimum Gasteiger partial charge on any atom is -0.493 e. The molecule has 3 unspecified atom stereocenters. The van der Waals surface area contributed by atoms with Crippen molar-refractivity contribution in [1.29, 1.82) is 5.26 Å². The van der Waals surface area contributed by atoms with Crippen LogP contribution in [-0.4, -0.2) is 81.1 Å². The summed E-state index contributed by atoms with van der Waals surface area (Å²) in [4.78, 5) is 4.95. The van der Waals surface area contributed by atoms with Crippen LogP contribution in [0.3, 0.4) is 0 Å². The highest BCUT2D eigenvalue weighted by Crippen LogP contribution is 2.39. The van der Waals surface area contributed by atoms with Crippen molar-refractivity contribution in [3.05, 3.63) is 53.6 Å². The number of ether oxygens (including phenoxy) is 3. The maximum Gasteiger partial charge on any atom is 0.160 e. The number of rotatable bonds is 11. The second-order valence-electron chi connectivity index (χ2n) is 9.83. The van der Waals surface area contributed by atoms with E-state index in [1.165, 1.54) is 18.4 Å². The van der Waals surface area contributed by atoms with Gasteiger partial charge >= 0.3 is 0 Å². The molecule has 1 saturated heterocycles. The van der Waals surface area contributed by atoms with Gasteiger partial charge in [-0.2, -0.15) is 5.26 Å². The molecule has 1 heterocycles. The second-order valence-corrected chi connectivity index (χ2v) is 9.83. The third-order valence-electron chi connectivity index (χ3n) is 7.46. The van der Waals surface area contributed by atoms with Gasteiger partial charge in [0.2, 0.25) is 0 Å². The molecule has 4 rings (SSSR count). The van der Waals surface area contributed by atoms with E-state index < -0.39 is 6.10 Å². The van der Waals surface area contributed by atoms with Gasteiger partial charge in [-0.1, -0.05) is 6.07 Å². The first-order valence-corrected chi connectivity index (χ1v) is 12.4. The Morgan fingerprint density at radius 3 is 2.37 bits per heavy atom. The lowest BCUT2D eigenvalue weighted by Gasteiger charge is -2.43. The fourth-order valence-electron chi connectivity index (χ4n) is 5.84. The number of piperidine rings is 1. The third-order valence-corrected chi connectivity index (χ3v) is 7.46. The Bertz CT molecular complexity index is 992. The molecule has 0 aromatic heterocycles. The van der Waals surface area contributed by atoms with Crippen LogP contribution in [0, 0.1) is 23.2 Å². The van der Waals surface area contributed by atoms with Crippen LogP contribution in [0.15, 0.2) is 42.5 Å². The molecule has 35 heavy (non-hydrogen) atoms. The van der Waals surface area contributed by atoms with Crippen LogP contribution < -0.4 is 14.2 Å². The molecule has 7 nitrogen and oxygen atoms in total. The average Bonchev–Trinajstić information content (AvgIpc) is 3.16. The summed E-state index contributed by atoms with van der Waals surface area (Å²) in [6.07, 6.45) is 2.94. The first-order chi connectivity index (χ1) is 17.0. The van der Waals surface area contributed by atoms with Gasteiger partial charge in [0.15, 0.2) is 11.5 Å². The lowest BCUT2D eigenvalue weighted by atomic mass is 9.90. The normalized spacial score (nSPS) is 22.6. The molecule has 0 spiro atoms. The predicted molar refractivity (Wildman–Crippen MR) is 135 cm³/mol. The molecule has 1 aliphatic heterocycles. The van der Waals surface area contributed by atoms with Crippen LogP contribution in [0.4, 0.5) is 0 Å². The molecule has 2 aromatic carbocycles. The van der Waals surface area contributed by atoms with Crippen molar-refractivity contribution in [3.8, 4) is 23.3 Å². The number of benzene rings is 2. The summed E-state index contributed by atoms with van der Waals surface area (Å²) in [5, 5.41) is 19.5. The fraction of sp³-hybridized carbons (Fsp3) is 0.536. The Morgan fingerprint density at radius 2 is 1.74 bits per heavy atom. The van der Waals surface area contributed by atoms with E-state index in [2.05, 4.69) is 35.0 Å². The fourth-order valence-corrected chi connectivity index (χ4v) is 5.84. The smallest absolute Gasteiger partial charge is 0.160 e. The van der Waals surface area contributed by atoms with Gasteiger partial charge in [0.05, 0.1) is 25.9 Å². The van der Waals surface area contributed by atoms with Crippen molar-refractivity contribution < 1.29 is 19.3 Å². The summed E-state index contributed by atoms with van der Waals surface area (Å²) in [5.74, 6) is 3.50. The largest absolute Gasteiger partial charge is 0.493 e. The molecule has 2 fully saturated rings. The van der Waals surface area contributed by atoms with Gasteiger partial charge in [0.1, 0.15) is 18.5 Å². The molecule has 188 valence electrons. The van der Waals surface area contributed by atoms with E-state index in [1.54, 1.807) is 38.5 Å². The standard InChI is InChI=1S/C28H37N3O4/c1-30(18-24(32)19-35-25-9-4-21(15-29)5-10-25)28-22-7-8-23(28)17-31(16-22)13-12-20-6-11-26(33-2)27(14-20)34-3/h4-6,9-11,14,22-24,28,32H,7-8,12-13,16-19H2,1-3H3. The molecule has 0 radical (unpaired) electrons. The van der Waals surface area contributed by atoms with Crippen molar-refractivity contribution in [3.63, 3.8) is 0 Å². The summed E-state index contributed by atoms with van der Waals surface area (Å²) in [5.41, 5.74) is 1.86. The molecule has 1 aliphatic carbocycles. The molecule has 2 aromatic rings. The van der Waals surface area contributed by atoms with Gasteiger partial charge in [-0.3, -0.25) is 0 Å². The van der Waals surface area contributed by atoms with Gasteiger partial charge < -0.3 is 29.1 Å². The maximum absolute atomic E-state index is 10.6. The first-order valence-electron chi connectivity index (χ1n) is 12.4. The zero-order valence-corrected chi connectivity index (χ0v) is 21.0. The van der Waals surface area contributed by atoms with Gasteiger partial charge in [-0.25, -0.2) is 0 Å². The summed E-state index contributed by atoms with van der Waals surface area (Å²) >= 11 is 0. The van der Waals surface area contributed by atoms with Crippen LogP contribution in [0.1, 0.15) is 24.0 Å². The number of aliphatic hydroxyl groups is 1. The maximum atomic E-state index is 10.6. The van der Waals surface area contributed by atoms with Crippen molar-refractivity contribution in [2.45, 2.75) is 31.4 Å². The summed E-state index contributed by atoms with van der Waals surface area (Å²) in [6, 6.07) is 15.8. The average molecular weight is 480 g/mol. The first kappa shape index (κ1) is 25.3. The minimum atomic E-state index is -0.557. The van der Waals surface area contributed by atoms with Crippen LogP contribution in [-0.2, 0) is 6.42 Å². The van der Waals surface area contributed by atoms with Crippen molar-refractivity contribution in [2.75, 3.05) is 54.1 Å². The Morgan fingerprint density at radius 1 is 1.06 bits per heavy atom. The number of hydrogen-bond acceptors (Lipinski definition) is 7. The number of hydrogen-bond donors (Lipinski definition) is 1. The topological polar surface area (TPSA) is 78.2 Å². The predicted octanol–water partition coefficient (Wildman–Crippen LogP) is 3.20.